The molecule has 1 aromatic heterocycles. The monoisotopic (exact) mass is 293 g/mol. The fourth-order valence-electron chi connectivity index (χ4n) is 2.37. The van der Waals surface area contributed by atoms with Crippen molar-refractivity contribution < 1.29 is 23.1 Å². The first kappa shape index (κ1) is 15.8. The average molecular weight is 293 g/mol. The number of nitrogens with zero attached hydrogens (tertiary/aromatic N) is 1. The SMILES string of the molecule is O=C(O)C[C@@H](c1ccncc1)C1(C(F)(F)F)CC1.S. The predicted molar refractivity (Wildman–Crippen MR) is 67.3 cm³/mol. The number of alkyl halides is 3. The van der Waals surface area contributed by atoms with E-state index in [1.807, 2.05) is 0 Å². The molecule has 0 radical (unpaired) electrons. The van der Waals surface area contributed by atoms with Crippen LogP contribution in [0.1, 0.15) is 30.7 Å². The molecular weight excluding hydrogens is 279 g/mol. The second-order valence-corrected chi connectivity index (χ2v) is 4.58. The van der Waals surface area contributed by atoms with Gasteiger partial charge in [-0.1, -0.05) is 0 Å². The van der Waals surface area contributed by atoms with Gasteiger partial charge in [-0.25, -0.2) is 0 Å². The molecule has 0 aliphatic heterocycles. The Hall–Kier alpha value is -1.24. The molecule has 1 aromatic rings. The van der Waals surface area contributed by atoms with Crippen LogP contribution < -0.4 is 0 Å². The standard InChI is InChI=1S/C12H12F3NO2.H2S/c13-12(14,15)11(3-4-11)9(7-10(17)18)8-1-5-16-6-2-8;/h1-2,5-6,9H,3-4,7H2,(H,17,18);1H2/t9-;/m0./s1. The molecule has 1 saturated carbocycles. The van der Waals surface area contributed by atoms with Crippen molar-refractivity contribution in [3.63, 3.8) is 0 Å². The highest BCUT2D eigenvalue weighted by Crippen LogP contribution is 2.66. The number of carboxylic acid groups (broad SMARTS) is 1. The Morgan fingerprint density at radius 1 is 1.37 bits per heavy atom. The highest BCUT2D eigenvalue weighted by molar-refractivity contribution is 7.59. The maximum Gasteiger partial charge on any atom is 0.395 e. The van der Waals surface area contributed by atoms with Gasteiger partial charge in [0.05, 0.1) is 11.8 Å². The number of carbonyl (C=O) groups is 1. The van der Waals surface area contributed by atoms with E-state index in [1.165, 1.54) is 24.5 Å². The lowest BCUT2D eigenvalue weighted by atomic mass is 9.80. The number of aliphatic carboxylic acids is 1. The Bertz CT molecular complexity index is 446. The third kappa shape index (κ3) is 3.02. The van der Waals surface area contributed by atoms with Gasteiger partial charge in [0.2, 0.25) is 0 Å². The van der Waals surface area contributed by atoms with Gasteiger partial charge < -0.3 is 5.11 Å². The van der Waals surface area contributed by atoms with Gasteiger partial charge in [0, 0.05) is 18.3 Å². The zero-order chi connectivity index (χ0) is 13.4. The van der Waals surface area contributed by atoms with Gasteiger partial charge in [0.25, 0.3) is 0 Å². The number of pyridine rings is 1. The van der Waals surface area contributed by atoms with Crippen LogP contribution in [0.15, 0.2) is 24.5 Å². The van der Waals surface area contributed by atoms with Crippen LogP contribution in [0, 0.1) is 5.41 Å². The van der Waals surface area contributed by atoms with Crippen LogP contribution in [-0.2, 0) is 4.79 Å². The summed E-state index contributed by atoms with van der Waals surface area (Å²) in [5, 5.41) is 8.82. The van der Waals surface area contributed by atoms with Crippen LogP contribution in [0.4, 0.5) is 13.2 Å². The van der Waals surface area contributed by atoms with E-state index in [0.717, 1.165) is 0 Å². The van der Waals surface area contributed by atoms with Crippen molar-refractivity contribution in [2.75, 3.05) is 0 Å². The van der Waals surface area contributed by atoms with Crippen LogP contribution in [0.25, 0.3) is 0 Å². The Labute approximate surface area is 115 Å². The van der Waals surface area contributed by atoms with Crippen molar-refractivity contribution >= 4 is 19.5 Å². The molecule has 1 aliphatic rings. The van der Waals surface area contributed by atoms with Crippen molar-refractivity contribution in [3.8, 4) is 0 Å². The minimum absolute atomic E-state index is 0. The van der Waals surface area contributed by atoms with Gasteiger partial charge in [0.1, 0.15) is 0 Å². The van der Waals surface area contributed by atoms with Gasteiger partial charge in [-0.15, -0.1) is 0 Å². The second-order valence-electron chi connectivity index (χ2n) is 4.58. The maximum atomic E-state index is 13.1. The summed E-state index contributed by atoms with van der Waals surface area (Å²) in [4.78, 5) is 14.5. The van der Waals surface area contributed by atoms with Crippen molar-refractivity contribution in [1.82, 2.24) is 4.98 Å². The first-order valence-electron chi connectivity index (χ1n) is 5.55. The molecule has 1 N–H and O–H groups in total. The Kier molecular flexibility index (Phi) is 4.50. The number of halogens is 3. The van der Waals surface area contributed by atoms with Gasteiger partial charge >= 0.3 is 12.1 Å². The van der Waals surface area contributed by atoms with Crippen LogP contribution >= 0.6 is 13.5 Å². The molecule has 1 heterocycles. The number of aromatic nitrogens is 1. The molecular formula is C12H14F3NO2S. The van der Waals surface area contributed by atoms with Crippen LogP contribution in [-0.4, -0.2) is 22.2 Å². The molecule has 19 heavy (non-hydrogen) atoms. The number of rotatable bonds is 4. The summed E-state index contributed by atoms with van der Waals surface area (Å²) in [6, 6.07) is 2.92. The Balaban J connectivity index is 0.00000180. The lowest BCUT2D eigenvalue weighted by Gasteiger charge is -2.28. The van der Waals surface area contributed by atoms with Crippen LogP contribution in [0.3, 0.4) is 0 Å². The summed E-state index contributed by atoms with van der Waals surface area (Å²) in [5.41, 5.74) is -1.48. The third-order valence-corrected chi connectivity index (χ3v) is 3.51. The normalized spacial score (nSPS) is 18.3. The van der Waals surface area contributed by atoms with E-state index >= 15 is 0 Å². The summed E-state index contributed by atoms with van der Waals surface area (Å²) < 4.78 is 39.2. The first-order valence-corrected chi connectivity index (χ1v) is 5.55. The minimum atomic E-state index is -4.36. The molecule has 1 atom stereocenters. The Morgan fingerprint density at radius 3 is 2.26 bits per heavy atom. The molecule has 1 aliphatic carbocycles. The topological polar surface area (TPSA) is 50.2 Å². The summed E-state index contributed by atoms with van der Waals surface area (Å²) in [5.74, 6) is -2.25. The smallest absolute Gasteiger partial charge is 0.395 e. The fraction of sp³-hybridized carbons (Fsp3) is 0.500. The van der Waals surface area contributed by atoms with Crippen molar-refractivity contribution in [1.29, 1.82) is 0 Å². The predicted octanol–water partition coefficient (Wildman–Crippen LogP) is 3.10. The Morgan fingerprint density at radius 2 is 1.89 bits per heavy atom. The second kappa shape index (κ2) is 5.40. The summed E-state index contributed by atoms with van der Waals surface area (Å²) >= 11 is 0. The number of carboxylic acids is 1. The summed E-state index contributed by atoms with van der Waals surface area (Å²) in [6.07, 6.45) is -2.11. The van der Waals surface area contributed by atoms with E-state index in [9.17, 15) is 18.0 Å². The molecule has 106 valence electrons. The lowest BCUT2D eigenvalue weighted by molar-refractivity contribution is -0.195. The van der Waals surface area contributed by atoms with Gasteiger partial charge in [-0.2, -0.15) is 26.7 Å². The van der Waals surface area contributed by atoms with E-state index in [1.54, 1.807) is 0 Å². The summed E-state index contributed by atoms with van der Waals surface area (Å²) in [7, 11) is 0. The van der Waals surface area contributed by atoms with E-state index < -0.39 is 29.9 Å². The molecule has 0 aromatic carbocycles. The summed E-state index contributed by atoms with van der Waals surface area (Å²) in [6.45, 7) is 0. The maximum absolute atomic E-state index is 13.1. The average Bonchev–Trinajstić information content (AvgIpc) is 3.07. The third-order valence-electron chi connectivity index (χ3n) is 3.51. The van der Waals surface area contributed by atoms with Crippen molar-refractivity contribution in [2.45, 2.75) is 31.4 Å². The zero-order valence-corrected chi connectivity index (χ0v) is 10.9. The zero-order valence-electron chi connectivity index (χ0n) is 9.94. The van der Waals surface area contributed by atoms with Crippen LogP contribution in [0.5, 0.6) is 0 Å². The lowest BCUT2D eigenvalue weighted by Crippen LogP contribution is -2.32. The molecule has 0 bridgehead atoms. The minimum Gasteiger partial charge on any atom is -0.481 e. The first-order chi connectivity index (χ1) is 8.37. The van der Waals surface area contributed by atoms with Crippen LogP contribution in [0.2, 0.25) is 0 Å². The van der Waals surface area contributed by atoms with E-state index in [-0.39, 0.29) is 26.3 Å². The van der Waals surface area contributed by atoms with Crippen molar-refractivity contribution in [3.05, 3.63) is 30.1 Å². The van der Waals surface area contributed by atoms with Crippen molar-refractivity contribution in [2.24, 2.45) is 5.41 Å². The molecule has 0 amide bonds. The van der Waals surface area contributed by atoms with E-state index in [0.29, 0.717) is 5.56 Å². The van der Waals surface area contributed by atoms with Gasteiger partial charge in [-0.05, 0) is 30.5 Å². The molecule has 1 fully saturated rings. The van der Waals surface area contributed by atoms with E-state index in [2.05, 4.69) is 4.98 Å². The number of hydrogen-bond acceptors (Lipinski definition) is 2. The molecule has 2 rings (SSSR count). The van der Waals surface area contributed by atoms with E-state index in [4.69, 9.17) is 5.11 Å². The molecule has 0 unspecified atom stereocenters. The quantitative estimate of drug-likeness (QED) is 0.928. The number of hydrogen-bond donors (Lipinski definition) is 1. The molecule has 7 heteroatoms. The van der Waals surface area contributed by atoms with Gasteiger partial charge in [0.15, 0.2) is 0 Å². The fourth-order valence-corrected chi connectivity index (χ4v) is 2.37. The molecule has 0 saturated heterocycles. The molecule has 0 spiro atoms. The highest BCUT2D eigenvalue weighted by atomic mass is 32.1. The molecule has 3 nitrogen and oxygen atoms in total. The van der Waals surface area contributed by atoms with Gasteiger partial charge in [-0.3, -0.25) is 9.78 Å². The highest BCUT2D eigenvalue weighted by Gasteiger charge is 2.67. The largest absolute Gasteiger partial charge is 0.481 e.